The summed E-state index contributed by atoms with van der Waals surface area (Å²) in [6.07, 6.45) is 2.75. The van der Waals surface area contributed by atoms with E-state index < -0.39 is 0 Å². The molecule has 0 atom stereocenters. The van der Waals surface area contributed by atoms with Crippen LogP contribution in [0.15, 0.2) is 24.3 Å². The molecule has 1 fully saturated rings. The highest BCUT2D eigenvalue weighted by Crippen LogP contribution is 2.30. The Morgan fingerprint density at radius 3 is 2.74 bits per heavy atom. The largest absolute Gasteiger partial charge is 0.491 e. The summed E-state index contributed by atoms with van der Waals surface area (Å²) in [6, 6.07) is 10.1. The second-order valence-electron chi connectivity index (χ2n) is 5.49. The minimum absolute atomic E-state index is 0.551. The van der Waals surface area contributed by atoms with Crippen LogP contribution in [0, 0.1) is 17.2 Å². The molecule has 0 aliphatic heterocycles. The summed E-state index contributed by atoms with van der Waals surface area (Å²) >= 11 is 0. The van der Waals surface area contributed by atoms with Crippen molar-refractivity contribution < 1.29 is 4.74 Å². The SMILES string of the molecule is CC(C)N(CCOc1ccccc1C#N)CC1CC1. The lowest BCUT2D eigenvalue weighted by molar-refractivity contribution is 0.170. The van der Waals surface area contributed by atoms with Crippen molar-refractivity contribution in [2.75, 3.05) is 19.7 Å². The first-order valence-corrected chi connectivity index (χ1v) is 7.06. The van der Waals surface area contributed by atoms with Gasteiger partial charge in [-0.2, -0.15) is 5.26 Å². The Balaban J connectivity index is 1.82. The van der Waals surface area contributed by atoms with Crippen LogP contribution >= 0.6 is 0 Å². The molecular formula is C16H22N2O. The van der Waals surface area contributed by atoms with E-state index in [0.717, 1.165) is 12.5 Å². The van der Waals surface area contributed by atoms with Crippen LogP contribution in [0.1, 0.15) is 32.3 Å². The molecule has 0 spiro atoms. The summed E-state index contributed by atoms with van der Waals surface area (Å²) in [5.74, 6) is 1.59. The fraction of sp³-hybridized carbons (Fsp3) is 0.562. The van der Waals surface area contributed by atoms with E-state index in [9.17, 15) is 0 Å². The van der Waals surface area contributed by atoms with Gasteiger partial charge in [-0.15, -0.1) is 0 Å². The van der Waals surface area contributed by atoms with Crippen LogP contribution in [0.3, 0.4) is 0 Å². The van der Waals surface area contributed by atoms with Crippen molar-refractivity contribution in [1.29, 1.82) is 5.26 Å². The molecule has 3 nitrogen and oxygen atoms in total. The van der Waals surface area contributed by atoms with Crippen LogP contribution in [0.5, 0.6) is 5.75 Å². The number of para-hydroxylation sites is 1. The lowest BCUT2D eigenvalue weighted by Crippen LogP contribution is -2.36. The van der Waals surface area contributed by atoms with Crippen molar-refractivity contribution in [3.05, 3.63) is 29.8 Å². The Bertz CT molecular complexity index is 446. The highest BCUT2D eigenvalue weighted by atomic mass is 16.5. The molecule has 1 aromatic rings. The molecule has 1 saturated carbocycles. The maximum atomic E-state index is 9.00. The van der Waals surface area contributed by atoms with E-state index in [0.29, 0.717) is 24.0 Å². The average molecular weight is 258 g/mol. The Labute approximate surface area is 115 Å². The molecule has 0 unspecified atom stereocenters. The minimum atomic E-state index is 0.551. The second kappa shape index (κ2) is 6.58. The number of nitriles is 1. The fourth-order valence-corrected chi connectivity index (χ4v) is 2.15. The first-order chi connectivity index (χ1) is 9.20. The van der Waals surface area contributed by atoms with E-state index in [4.69, 9.17) is 10.00 Å². The topological polar surface area (TPSA) is 36.3 Å². The third-order valence-corrected chi connectivity index (χ3v) is 3.56. The fourth-order valence-electron chi connectivity index (χ4n) is 2.15. The average Bonchev–Trinajstić information content (AvgIpc) is 3.22. The number of hydrogen-bond acceptors (Lipinski definition) is 3. The quantitative estimate of drug-likeness (QED) is 0.754. The lowest BCUT2D eigenvalue weighted by atomic mass is 10.2. The van der Waals surface area contributed by atoms with Gasteiger partial charge in [0.1, 0.15) is 18.4 Å². The van der Waals surface area contributed by atoms with E-state index in [-0.39, 0.29) is 0 Å². The summed E-state index contributed by atoms with van der Waals surface area (Å²) in [4.78, 5) is 2.46. The number of benzene rings is 1. The summed E-state index contributed by atoms with van der Waals surface area (Å²) < 4.78 is 5.75. The number of ether oxygens (including phenoxy) is 1. The van der Waals surface area contributed by atoms with Crippen molar-refractivity contribution >= 4 is 0 Å². The normalized spacial score (nSPS) is 14.7. The molecule has 1 aromatic carbocycles. The van der Waals surface area contributed by atoms with Gasteiger partial charge in [-0.1, -0.05) is 12.1 Å². The highest BCUT2D eigenvalue weighted by molar-refractivity contribution is 5.42. The summed E-state index contributed by atoms with van der Waals surface area (Å²) in [5.41, 5.74) is 0.612. The third kappa shape index (κ3) is 4.25. The van der Waals surface area contributed by atoms with Crippen molar-refractivity contribution in [2.24, 2.45) is 5.92 Å². The van der Waals surface area contributed by atoms with E-state index in [1.807, 2.05) is 18.2 Å². The monoisotopic (exact) mass is 258 g/mol. The van der Waals surface area contributed by atoms with Gasteiger partial charge in [0.25, 0.3) is 0 Å². The van der Waals surface area contributed by atoms with Gasteiger partial charge in [-0.25, -0.2) is 0 Å². The van der Waals surface area contributed by atoms with Gasteiger partial charge in [0, 0.05) is 19.1 Å². The standard InChI is InChI=1S/C16H22N2O/c1-13(2)18(12-14-7-8-14)9-10-19-16-6-4-3-5-15(16)11-17/h3-6,13-14H,7-10,12H2,1-2H3. The Morgan fingerprint density at radius 1 is 1.37 bits per heavy atom. The molecule has 0 N–H and O–H groups in total. The van der Waals surface area contributed by atoms with E-state index in [2.05, 4.69) is 24.8 Å². The maximum Gasteiger partial charge on any atom is 0.137 e. The van der Waals surface area contributed by atoms with Crippen LogP contribution in [-0.4, -0.2) is 30.6 Å². The van der Waals surface area contributed by atoms with Crippen LogP contribution in [0.4, 0.5) is 0 Å². The molecule has 0 aromatic heterocycles. The summed E-state index contributed by atoms with van der Waals surface area (Å²) in [7, 11) is 0. The zero-order valence-corrected chi connectivity index (χ0v) is 11.8. The Morgan fingerprint density at radius 2 is 2.11 bits per heavy atom. The van der Waals surface area contributed by atoms with Crippen molar-refractivity contribution in [3.8, 4) is 11.8 Å². The van der Waals surface area contributed by atoms with Crippen molar-refractivity contribution in [1.82, 2.24) is 4.90 Å². The van der Waals surface area contributed by atoms with Gasteiger partial charge in [-0.3, -0.25) is 4.90 Å². The lowest BCUT2D eigenvalue weighted by Gasteiger charge is -2.26. The van der Waals surface area contributed by atoms with Crippen molar-refractivity contribution in [2.45, 2.75) is 32.7 Å². The predicted molar refractivity (Wildman–Crippen MR) is 76.1 cm³/mol. The van der Waals surface area contributed by atoms with Gasteiger partial charge in [0.15, 0.2) is 0 Å². The van der Waals surface area contributed by atoms with E-state index in [1.165, 1.54) is 19.4 Å². The van der Waals surface area contributed by atoms with E-state index >= 15 is 0 Å². The van der Waals surface area contributed by atoms with Crippen LogP contribution in [-0.2, 0) is 0 Å². The predicted octanol–water partition coefficient (Wildman–Crippen LogP) is 3.06. The first kappa shape index (κ1) is 13.9. The Kier molecular flexibility index (Phi) is 4.81. The Hall–Kier alpha value is -1.53. The van der Waals surface area contributed by atoms with Crippen molar-refractivity contribution in [3.63, 3.8) is 0 Å². The molecule has 0 heterocycles. The molecular weight excluding hydrogens is 236 g/mol. The molecule has 102 valence electrons. The zero-order valence-electron chi connectivity index (χ0n) is 11.8. The molecule has 2 rings (SSSR count). The molecule has 0 radical (unpaired) electrons. The molecule has 0 saturated heterocycles. The third-order valence-electron chi connectivity index (χ3n) is 3.56. The van der Waals surface area contributed by atoms with Crippen LogP contribution in [0.25, 0.3) is 0 Å². The minimum Gasteiger partial charge on any atom is -0.491 e. The number of nitrogens with zero attached hydrogens (tertiary/aromatic N) is 2. The first-order valence-electron chi connectivity index (χ1n) is 7.06. The highest BCUT2D eigenvalue weighted by Gasteiger charge is 2.25. The van der Waals surface area contributed by atoms with Crippen LogP contribution < -0.4 is 4.74 Å². The van der Waals surface area contributed by atoms with Crippen LogP contribution in [0.2, 0.25) is 0 Å². The molecule has 0 bridgehead atoms. The molecule has 0 amide bonds. The molecule has 19 heavy (non-hydrogen) atoms. The second-order valence-corrected chi connectivity index (χ2v) is 5.49. The van der Waals surface area contributed by atoms with Gasteiger partial charge in [0.2, 0.25) is 0 Å². The summed E-state index contributed by atoms with van der Waals surface area (Å²) in [5, 5.41) is 9.00. The van der Waals surface area contributed by atoms with Gasteiger partial charge >= 0.3 is 0 Å². The molecule has 3 heteroatoms. The smallest absolute Gasteiger partial charge is 0.137 e. The zero-order chi connectivity index (χ0) is 13.7. The summed E-state index contributed by atoms with van der Waals surface area (Å²) in [6.45, 7) is 7.20. The molecule has 1 aliphatic carbocycles. The maximum absolute atomic E-state index is 9.00. The van der Waals surface area contributed by atoms with E-state index in [1.54, 1.807) is 6.07 Å². The van der Waals surface area contributed by atoms with Gasteiger partial charge in [-0.05, 0) is 44.7 Å². The number of rotatable bonds is 7. The number of hydrogen-bond donors (Lipinski definition) is 0. The molecule has 1 aliphatic rings. The van der Waals surface area contributed by atoms with Gasteiger partial charge in [0.05, 0.1) is 5.56 Å². The van der Waals surface area contributed by atoms with Gasteiger partial charge < -0.3 is 4.74 Å².